The fourth-order valence-electron chi connectivity index (χ4n) is 2.35. The molecule has 0 spiro atoms. The lowest BCUT2D eigenvalue weighted by Crippen LogP contribution is -2.29. The number of H-pyrrole nitrogens is 2. The second-order valence-corrected chi connectivity index (χ2v) is 6.44. The van der Waals surface area contributed by atoms with Gasteiger partial charge in [0.1, 0.15) is 0 Å². The van der Waals surface area contributed by atoms with Crippen LogP contribution in [0.1, 0.15) is 32.4 Å². The highest BCUT2D eigenvalue weighted by atomic mass is 79.9. The minimum absolute atomic E-state index is 0.0849. The Hall–Kier alpha value is -1.07. The number of rotatable bonds is 2. The van der Waals surface area contributed by atoms with Crippen LogP contribution in [0.15, 0.2) is 21.4 Å². The van der Waals surface area contributed by atoms with Gasteiger partial charge in [0.05, 0.1) is 11.0 Å². The van der Waals surface area contributed by atoms with E-state index < -0.39 is 0 Å². The van der Waals surface area contributed by atoms with Crippen molar-refractivity contribution in [3.8, 4) is 0 Å². The summed E-state index contributed by atoms with van der Waals surface area (Å²) in [6.45, 7) is 6.56. The van der Waals surface area contributed by atoms with Crippen LogP contribution in [0.4, 0.5) is 0 Å². The van der Waals surface area contributed by atoms with Crippen LogP contribution in [-0.2, 0) is 0 Å². The van der Waals surface area contributed by atoms with E-state index in [1.54, 1.807) is 0 Å². The summed E-state index contributed by atoms with van der Waals surface area (Å²) >= 11 is 3.58. The fourth-order valence-corrected chi connectivity index (χ4v) is 2.92. The number of fused-ring (bicyclic) bond motifs is 1. The molecule has 2 aromatic rings. The van der Waals surface area contributed by atoms with Crippen LogP contribution in [0.2, 0.25) is 0 Å². The van der Waals surface area contributed by atoms with Crippen LogP contribution in [0, 0.1) is 5.41 Å². The summed E-state index contributed by atoms with van der Waals surface area (Å²) in [6, 6.07) is 4.16. The van der Waals surface area contributed by atoms with Gasteiger partial charge in [0.2, 0.25) is 0 Å². The maximum absolute atomic E-state index is 11.3. The number of hydrogen-bond acceptors (Lipinski definition) is 2. The number of nitrogens with one attached hydrogen (secondary N) is 3. The molecule has 1 unspecified atom stereocenters. The molecule has 18 heavy (non-hydrogen) atoms. The quantitative estimate of drug-likeness (QED) is 0.798. The average molecular weight is 312 g/mol. The molecule has 3 N–H and O–H groups in total. The first-order valence-corrected chi connectivity index (χ1v) is 6.71. The smallest absolute Gasteiger partial charge is 0.313 e. The van der Waals surface area contributed by atoms with Crippen molar-refractivity contribution in [2.45, 2.75) is 26.8 Å². The normalized spacial score (nSPS) is 14.1. The van der Waals surface area contributed by atoms with Crippen LogP contribution >= 0.6 is 15.9 Å². The molecule has 4 nitrogen and oxygen atoms in total. The van der Waals surface area contributed by atoms with E-state index in [9.17, 15) is 4.79 Å². The summed E-state index contributed by atoms with van der Waals surface area (Å²) in [5.74, 6) is 0. The summed E-state index contributed by atoms with van der Waals surface area (Å²) in [7, 11) is 1.95. The van der Waals surface area contributed by atoms with Crippen LogP contribution in [0.5, 0.6) is 0 Å². The van der Waals surface area contributed by atoms with E-state index in [4.69, 9.17) is 0 Å². The molecule has 1 aromatic heterocycles. The van der Waals surface area contributed by atoms with Crippen molar-refractivity contribution in [3.05, 3.63) is 32.7 Å². The average Bonchev–Trinajstić information content (AvgIpc) is 2.56. The zero-order chi connectivity index (χ0) is 13.5. The largest absolute Gasteiger partial charge is 0.323 e. The molecule has 1 aromatic carbocycles. The number of imidazole rings is 1. The van der Waals surface area contributed by atoms with Crippen molar-refractivity contribution in [1.82, 2.24) is 15.3 Å². The molecule has 0 aliphatic heterocycles. The lowest BCUT2D eigenvalue weighted by molar-refractivity contribution is 0.286. The Morgan fingerprint density at radius 1 is 1.22 bits per heavy atom. The number of aromatic amines is 2. The molecular weight excluding hydrogens is 294 g/mol. The van der Waals surface area contributed by atoms with E-state index in [2.05, 4.69) is 52.0 Å². The molecule has 0 bridgehead atoms. The highest BCUT2D eigenvalue weighted by Crippen LogP contribution is 2.37. The standard InChI is InChI=1S/C13H18BrN3O/c1-13(2,3)11(15-4)7-5-9-10(6-8(7)14)17-12(18)16-9/h5-6,11,15H,1-4H3,(H2,16,17,18). The van der Waals surface area contributed by atoms with Crippen LogP contribution in [-0.4, -0.2) is 17.0 Å². The van der Waals surface area contributed by atoms with E-state index in [-0.39, 0.29) is 17.1 Å². The molecule has 2 rings (SSSR count). The molecule has 0 radical (unpaired) electrons. The number of hydrogen-bond donors (Lipinski definition) is 3. The van der Waals surface area contributed by atoms with Gasteiger partial charge in [-0.2, -0.15) is 0 Å². The fraction of sp³-hybridized carbons (Fsp3) is 0.462. The van der Waals surface area contributed by atoms with Gasteiger partial charge >= 0.3 is 5.69 Å². The van der Waals surface area contributed by atoms with Gasteiger partial charge in [-0.3, -0.25) is 0 Å². The van der Waals surface area contributed by atoms with Gasteiger partial charge in [-0.25, -0.2) is 4.79 Å². The predicted octanol–water partition coefficient (Wildman–Crippen LogP) is 2.93. The van der Waals surface area contributed by atoms with E-state index in [0.29, 0.717) is 0 Å². The number of halogens is 1. The molecule has 0 saturated heterocycles. The molecule has 98 valence electrons. The van der Waals surface area contributed by atoms with Gasteiger partial charge in [0.25, 0.3) is 0 Å². The topological polar surface area (TPSA) is 60.7 Å². The Morgan fingerprint density at radius 2 is 1.78 bits per heavy atom. The van der Waals surface area contributed by atoms with Crippen molar-refractivity contribution in [1.29, 1.82) is 0 Å². The highest BCUT2D eigenvalue weighted by Gasteiger charge is 2.26. The van der Waals surface area contributed by atoms with Crippen molar-refractivity contribution in [2.75, 3.05) is 7.05 Å². The zero-order valence-corrected chi connectivity index (χ0v) is 12.6. The molecule has 0 aliphatic carbocycles. The van der Waals surface area contributed by atoms with Gasteiger partial charge in [0.15, 0.2) is 0 Å². The highest BCUT2D eigenvalue weighted by molar-refractivity contribution is 9.10. The molecule has 1 atom stereocenters. The second kappa shape index (κ2) is 4.55. The van der Waals surface area contributed by atoms with Crippen LogP contribution < -0.4 is 11.0 Å². The lowest BCUT2D eigenvalue weighted by Gasteiger charge is -2.31. The Bertz CT molecular complexity index is 621. The van der Waals surface area contributed by atoms with Crippen molar-refractivity contribution in [3.63, 3.8) is 0 Å². The molecule has 5 heteroatoms. The van der Waals surface area contributed by atoms with Gasteiger partial charge in [-0.05, 0) is 30.2 Å². The van der Waals surface area contributed by atoms with E-state index in [1.165, 1.54) is 0 Å². The Balaban J connectivity index is 2.62. The molecule has 0 fully saturated rings. The number of aromatic nitrogens is 2. The van der Waals surface area contributed by atoms with Gasteiger partial charge in [0, 0.05) is 10.5 Å². The first-order chi connectivity index (χ1) is 8.32. The van der Waals surface area contributed by atoms with Crippen LogP contribution in [0.3, 0.4) is 0 Å². The minimum atomic E-state index is -0.175. The van der Waals surface area contributed by atoms with Crippen molar-refractivity contribution >= 4 is 27.0 Å². The van der Waals surface area contributed by atoms with Gasteiger partial charge in [-0.1, -0.05) is 36.7 Å². The summed E-state index contributed by atoms with van der Waals surface area (Å²) in [6.07, 6.45) is 0. The third-order valence-electron chi connectivity index (χ3n) is 3.10. The van der Waals surface area contributed by atoms with E-state index in [0.717, 1.165) is 21.1 Å². The third-order valence-corrected chi connectivity index (χ3v) is 3.79. The van der Waals surface area contributed by atoms with E-state index in [1.807, 2.05) is 19.2 Å². The molecule has 0 amide bonds. The predicted molar refractivity (Wildman–Crippen MR) is 77.9 cm³/mol. The Kier molecular flexibility index (Phi) is 3.38. The van der Waals surface area contributed by atoms with Crippen molar-refractivity contribution < 1.29 is 0 Å². The second-order valence-electron chi connectivity index (χ2n) is 5.59. The lowest BCUT2D eigenvalue weighted by atomic mass is 9.82. The summed E-state index contributed by atoms with van der Waals surface area (Å²) in [5, 5.41) is 3.34. The molecule has 0 saturated carbocycles. The maximum atomic E-state index is 11.3. The first kappa shape index (κ1) is 13.4. The van der Waals surface area contributed by atoms with Crippen molar-refractivity contribution in [2.24, 2.45) is 5.41 Å². The monoisotopic (exact) mass is 311 g/mol. The molecular formula is C13H18BrN3O. The molecule has 1 heterocycles. The Morgan fingerprint density at radius 3 is 2.28 bits per heavy atom. The van der Waals surface area contributed by atoms with E-state index >= 15 is 0 Å². The number of benzene rings is 1. The maximum Gasteiger partial charge on any atom is 0.323 e. The zero-order valence-electron chi connectivity index (χ0n) is 11.0. The minimum Gasteiger partial charge on any atom is -0.313 e. The summed E-state index contributed by atoms with van der Waals surface area (Å²) in [4.78, 5) is 16.9. The third kappa shape index (κ3) is 2.37. The SMILES string of the molecule is CNC(c1cc2[nH]c(=O)[nH]c2cc1Br)C(C)(C)C. The van der Waals surface area contributed by atoms with Gasteiger partial charge < -0.3 is 15.3 Å². The Labute approximate surface area is 114 Å². The summed E-state index contributed by atoms with van der Waals surface area (Å²) in [5.41, 5.74) is 2.71. The first-order valence-electron chi connectivity index (χ1n) is 5.91. The van der Waals surface area contributed by atoms with Crippen LogP contribution in [0.25, 0.3) is 11.0 Å². The van der Waals surface area contributed by atoms with Gasteiger partial charge in [-0.15, -0.1) is 0 Å². The summed E-state index contributed by atoms with van der Waals surface area (Å²) < 4.78 is 1.000. The molecule has 0 aliphatic rings.